The quantitative estimate of drug-likeness (QED) is 0.447. The first-order valence-corrected chi connectivity index (χ1v) is 10.6. The highest BCUT2D eigenvalue weighted by Crippen LogP contribution is 2.22. The lowest BCUT2D eigenvalue weighted by Gasteiger charge is -2.09. The number of carbonyl (C=O) groups excluding carboxylic acids is 1. The molecule has 0 spiro atoms. The van der Waals surface area contributed by atoms with Crippen LogP contribution >= 0.6 is 23.4 Å². The second kappa shape index (κ2) is 8.83. The molecule has 0 atom stereocenters. The summed E-state index contributed by atoms with van der Waals surface area (Å²) in [7, 11) is 1.57. The number of aryl methyl sites for hydroxylation is 1. The van der Waals surface area contributed by atoms with E-state index < -0.39 is 0 Å². The van der Waals surface area contributed by atoms with Crippen LogP contribution < -0.4 is 15.6 Å². The number of amides is 1. The van der Waals surface area contributed by atoms with Gasteiger partial charge in [0, 0.05) is 29.2 Å². The van der Waals surface area contributed by atoms with Gasteiger partial charge in [0.1, 0.15) is 5.75 Å². The zero-order valence-electron chi connectivity index (χ0n) is 16.7. The van der Waals surface area contributed by atoms with Gasteiger partial charge in [-0.05, 0) is 36.8 Å². The van der Waals surface area contributed by atoms with E-state index in [0.717, 1.165) is 5.56 Å². The van der Waals surface area contributed by atoms with Gasteiger partial charge in [-0.15, -0.1) is 10.2 Å². The van der Waals surface area contributed by atoms with Crippen LogP contribution in [0.3, 0.4) is 0 Å². The summed E-state index contributed by atoms with van der Waals surface area (Å²) >= 11 is 7.18. The molecule has 0 aliphatic rings. The van der Waals surface area contributed by atoms with Crippen molar-refractivity contribution in [3.8, 4) is 11.4 Å². The number of hydrogen-bond acceptors (Lipinski definition) is 6. The number of rotatable bonds is 6. The Morgan fingerprint density at radius 1 is 1.19 bits per heavy atom. The average Bonchev–Trinajstić information content (AvgIpc) is 3.19. The first-order chi connectivity index (χ1) is 15.0. The minimum absolute atomic E-state index is 0.103. The Morgan fingerprint density at radius 3 is 2.84 bits per heavy atom. The molecule has 0 radical (unpaired) electrons. The summed E-state index contributed by atoms with van der Waals surface area (Å²) in [5.41, 5.74) is 2.06. The summed E-state index contributed by atoms with van der Waals surface area (Å²) < 4.78 is 8.26. The van der Waals surface area contributed by atoms with Crippen LogP contribution in [0.1, 0.15) is 5.56 Å². The Balaban J connectivity index is 1.53. The highest BCUT2D eigenvalue weighted by atomic mass is 35.5. The van der Waals surface area contributed by atoms with Gasteiger partial charge in [0.25, 0.3) is 0 Å². The number of thioether (sulfide) groups is 1. The molecule has 31 heavy (non-hydrogen) atoms. The summed E-state index contributed by atoms with van der Waals surface area (Å²) in [5.74, 6) is 0.533. The Morgan fingerprint density at radius 2 is 2.03 bits per heavy atom. The molecule has 0 fully saturated rings. The third kappa shape index (κ3) is 4.42. The van der Waals surface area contributed by atoms with Gasteiger partial charge in [-0.2, -0.15) is 0 Å². The van der Waals surface area contributed by atoms with Crippen molar-refractivity contribution in [1.82, 2.24) is 19.2 Å². The van der Waals surface area contributed by atoms with Gasteiger partial charge in [-0.25, -0.2) is 0 Å². The number of nitrogens with one attached hydrogen (secondary N) is 1. The van der Waals surface area contributed by atoms with Gasteiger partial charge in [0.15, 0.2) is 5.16 Å². The minimum atomic E-state index is -0.325. The number of halogens is 1. The zero-order valence-corrected chi connectivity index (χ0v) is 18.3. The number of nitrogens with zero attached hydrogens (tertiary/aromatic N) is 4. The molecule has 0 bridgehead atoms. The summed E-state index contributed by atoms with van der Waals surface area (Å²) in [5, 5.41) is 11.9. The highest BCUT2D eigenvalue weighted by Gasteiger charge is 2.14. The van der Waals surface area contributed by atoms with E-state index in [9.17, 15) is 9.59 Å². The number of fused-ring (bicyclic) bond motifs is 1. The lowest BCUT2D eigenvalue weighted by Crippen LogP contribution is -2.20. The third-order valence-electron chi connectivity index (χ3n) is 4.58. The largest absolute Gasteiger partial charge is 0.497 e. The molecular weight excluding hydrogens is 438 g/mol. The molecule has 0 aliphatic heterocycles. The van der Waals surface area contributed by atoms with E-state index in [1.807, 2.05) is 13.0 Å². The molecule has 10 heteroatoms. The summed E-state index contributed by atoms with van der Waals surface area (Å²) in [6, 6.07) is 12.5. The van der Waals surface area contributed by atoms with Gasteiger partial charge < -0.3 is 10.1 Å². The fraction of sp³-hybridized carbons (Fsp3) is 0.143. The lowest BCUT2D eigenvalue weighted by atomic mass is 10.2. The van der Waals surface area contributed by atoms with Crippen molar-refractivity contribution in [3.63, 3.8) is 0 Å². The maximum Gasteiger partial charge on any atom is 0.300 e. The predicted molar refractivity (Wildman–Crippen MR) is 121 cm³/mol. The molecule has 8 nitrogen and oxygen atoms in total. The molecule has 2 aromatic heterocycles. The number of aromatic nitrogens is 4. The van der Waals surface area contributed by atoms with Crippen molar-refractivity contribution in [1.29, 1.82) is 0 Å². The Bertz CT molecular complexity index is 1330. The predicted octanol–water partition coefficient (Wildman–Crippen LogP) is 3.58. The van der Waals surface area contributed by atoms with E-state index in [1.54, 1.807) is 60.3 Å². The minimum Gasteiger partial charge on any atom is -0.497 e. The highest BCUT2D eigenvalue weighted by molar-refractivity contribution is 7.99. The monoisotopic (exact) mass is 455 g/mol. The SMILES string of the molecule is COc1cccc(-n2ccn3c(SCC(=O)Nc4cc(Cl)ccc4C)nnc3c2=O)c1. The van der Waals surface area contributed by atoms with Crippen LogP contribution in [0, 0.1) is 6.92 Å². The molecule has 0 aliphatic carbocycles. The number of anilines is 1. The van der Waals surface area contributed by atoms with Gasteiger partial charge in [0.2, 0.25) is 11.6 Å². The number of carbonyl (C=O) groups is 1. The Kier molecular flexibility index (Phi) is 5.97. The molecule has 158 valence electrons. The number of benzene rings is 2. The molecule has 2 heterocycles. The van der Waals surface area contributed by atoms with E-state index in [2.05, 4.69) is 15.5 Å². The van der Waals surface area contributed by atoms with Crippen molar-refractivity contribution in [3.05, 3.63) is 75.8 Å². The molecule has 0 saturated heterocycles. The van der Waals surface area contributed by atoms with Crippen LogP contribution in [0.5, 0.6) is 5.75 Å². The van der Waals surface area contributed by atoms with Crippen molar-refractivity contribution in [2.45, 2.75) is 12.1 Å². The number of ether oxygens (including phenoxy) is 1. The van der Waals surface area contributed by atoms with E-state index in [0.29, 0.717) is 27.3 Å². The summed E-state index contributed by atoms with van der Waals surface area (Å²) in [6.45, 7) is 1.89. The van der Waals surface area contributed by atoms with Gasteiger partial charge in [0.05, 0.1) is 18.6 Å². The van der Waals surface area contributed by atoms with Crippen LogP contribution in [-0.2, 0) is 4.79 Å². The van der Waals surface area contributed by atoms with E-state index in [4.69, 9.17) is 16.3 Å². The van der Waals surface area contributed by atoms with Gasteiger partial charge >= 0.3 is 5.56 Å². The van der Waals surface area contributed by atoms with Crippen LogP contribution in [0.4, 0.5) is 5.69 Å². The van der Waals surface area contributed by atoms with Gasteiger partial charge in [-0.3, -0.25) is 18.6 Å². The summed E-state index contributed by atoms with van der Waals surface area (Å²) in [6.07, 6.45) is 3.32. The first kappa shape index (κ1) is 21.0. The van der Waals surface area contributed by atoms with E-state index in [1.165, 1.54) is 16.3 Å². The van der Waals surface area contributed by atoms with Crippen LogP contribution in [0.15, 0.2) is 64.8 Å². The van der Waals surface area contributed by atoms with Crippen LogP contribution in [0.2, 0.25) is 5.02 Å². The van der Waals surface area contributed by atoms with Crippen molar-refractivity contribution in [2.75, 3.05) is 18.2 Å². The summed E-state index contributed by atoms with van der Waals surface area (Å²) in [4.78, 5) is 25.3. The van der Waals surface area contributed by atoms with Crippen LogP contribution in [-0.4, -0.2) is 37.9 Å². The number of hydrogen-bond donors (Lipinski definition) is 1. The van der Waals surface area contributed by atoms with E-state index in [-0.39, 0.29) is 22.9 Å². The van der Waals surface area contributed by atoms with E-state index >= 15 is 0 Å². The topological polar surface area (TPSA) is 90.5 Å². The van der Waals surface area contributed by atoms with Gasteiger partial charge in [-0.1, -0.05) is 35.5 Å². The number of methoxy groups -OCH3 is 1. The molecule has 4 rings (SSSR count). The molecule has 0 saturated carbocycles. The second-order valence-corrected chi connectivity index (χ2v) is 8.03. The molecule has 0 unspecified atom stereocenters. The van der Waals surface area contributed by atoms with Crippen molar-refractivity contribution < 1.29 is 9.53 Å². The fourth-order valence-corrected chi connectivity index (χ4v) is 3.86. The first-order valence-electron chi connectivity index (χ1n) is 9.26. The second-order valence-electron chi connectivity index (χ2n) is 6.65. The third-order valence-corrected chi connectivity index (χ3v) is 5.76. The zero-order chi connectivity index (χ0) is 22.0. The van der Waals surface area contributed by atoms with Crippen LogP contribution in [0.25, 0.3) is 11.3 Å². The van der Waals surface area contributed by atoms with Crippen molar-refractivity contribution in [2.24, 2.45) is 0 Å². The smallest absolute Gasteiger partial charge is 0.300 e. The fourth-order valence-electron chi connectivity index (χ4n) is 2.97. The normalized spacial score (nSPS) is 10.9. The molecule has 4 aromatic rings. The molecule has 1 amide bonds. The Labute approximate surface area is 186 Å². The average molecular weight is 456 g/mol. The Hall–Kier alpha value is -3.30. The molecule has 1 N–H and O–H groups in total. The molecule has 2 aromatic carbocycles. The maximum absolute atomic E-state index is 12.9. The maximum atomic E-state index is 12.9. The molecular formula is C21H18ClN5O3S. The standard InChI is InChI=1S/C21H18ClN5O3S/c1-13-6-7-14(22)10-17(13)23-18(28)12-31-21-25-24-19-20(29)26(8-9-27(19)21)15-4-3-5-16(11-15)30-2/h3-11H,12H2,1-2H3,(H,23,28). The van der Waals surface area contributed by atoms with Crippen molar-refractivity contribution >= 4 is 40.6 Å². The lowest BCUT2D eigenvalue weighted by molar-refractivity contribution is -0.113.